The van der Waals surface area contributed by atoms with Crippen LogP contribution in [-0.2, 0) is 14.8 Å². The summed E-state index contributed by atoms with van der Waals surface area (Å²) in [5.41, 5.74) is -0.237. The van der Waals surface area contributed by atoms with E-state index >= 15 is 0 Å². The molecule has 1 rings (SSSR count). The van der Waals surface area contributed by atoms with E-state index in [1.54, 1.807) is 32.9 Å². The maximum absolute atomic E-state index is 12.0. The highest BCUT2D eigenvalue weighted by Gasteiger charge is 2.20. The van der Waals surface area contributed by atoms with Crippen molar-refractivity contribution in [3.8, 4) is 5.75 Å². The molecule has 0 saturated heterocycles. The van der Waals surface area contributed by atoms with Gasteiger partial charge in [0.1, 0.15) is 11.4 Å². The first-order valence-electron chi connectivity index (χ1n) is 7.22. The Balaban J connectivity index is 2.82. The van der Waals surface area contributed by atoms with Gasteiger partial charge in [-0.3, -0.25) is 4.31 Å². The quantitative estimate of drug-likeness (QED) is 0.822. The number of amides is 1. The van der Waals surface area contributed by atoms with E-state index in [-0.39, 0.29) is 13.1 Å². The molecule has 0 spiro atoms. The van der Waals surface area contributed by atoms with E-state index in [1.165, 1.54) is 13.2 Å². The monoisotopic (exact) mass is 378 g/mol. The van der Waals surface area contributed by atoms with Gasteiger partial charge >= 0.3 is 6.09 Å². The van der Waals surface area contributed by atoms with Gasteiger partial charge in [-0.25, -0.2) is 13.2 Å². The number of benzene rings is 1. The predicted octanol–water partition coefficient (Wildman–Crippen LogP) is 2.64. The highest BCUT2D eigenvalue weighted by Crippen LogP contribution is 2.29. The summed E-state index contributed by atoms with van der Waals surface area (Å²) in [5.74, 6) is 0.445. The zero-order valence-corrected chi connectivity index (χ0v) is 16.0. The second-order valence-electron chi connectivity index (χ2n) is 6.08. The maximum atomic E-state index is 12.0. The SMILES string of the molecule is COc1ccc(N(CCNC(=O)OC(C)(C)C)S(C)(=O)=O)cc1Cl. The lowest BCUT2D eigenvalue weighted by Crippen LogP contribution is -2.40. The van der Waals surface area contributed by atoms with Crippen LogP contribution in [0.4, 0.5) is 10.5 Å². The molecule has 24 heavy (non-hydrogen) atoms. The normalized spacial score (nSPS) is 11.8. The van der Waals surface area contributed by atoms with Crippen LogP contribution >= 0.6 is 11.6 Å². The second kappa shape index (κ2) is 7.94. The minimum atomic E-state index is -3.55. The summed E-state index contributed by atoms with van der Waals surface area (Å²) >= 11 is 6.04. The van der Waals surface area contributed by atoms with E-state index < -0.39 is 21.7 Å². The zero-order chi connectivity index (χ0) is 18.5. The van der Waals surface area contributed by atoms with Crippen molar-refractivity contribution in [2.24, 2.45) is 0 Å². The molecule has 0 saturated carbocycles. The third-order valence-corrected chi connectivity index (χ3v) is 4.30. The molecule has 136 valence electrons. The van der Waals surface area contributed by atoms with Crippen molar-refractivity contribution < 1.29 is 22.7 Å². The molecule has 7 nitrogen and oxygen atoms in total. The molecular weight excluding hydrogens is 356 g/mol. The highest BCUT2D eigenvalue weighted by atomic mass is 35.5. The molecule has 0 aliphatic rings. The summed E-state index contributed by atoms with van der Waals surface area (Å²) in [7, 11) is -2.07. The third-order valence-electron chi connectivity index (χ3n) is 2.81. The largest absolute Gasteiger partial charge is 0.495 e. The molecule has 0 radical (unpaired) electrons. The number of rotatable bonds is 6. The Bertz CT molecular complexity index is 686. The molecule has 0 aromatic heterocycles. The van der Waals surface area contributed by atoms with Crippen molar-refractivity contribution in [3.05, 3.63) is 23.2 Å². The minimum absolute atomic E-state index is 0.0424. The average molecular weight is 379 g/mol. The molecule has 0 bridgehead atoms. The first kappa shape index (κ1) is 20.4. The molecule has 1 amide bonds. The number of nitrogens with zero attached hydrogens (tertiary/aromatic N) is 1. The van der Waals surface area contributed by atoms with Crippen molar-refractivity contribution in [2.75, 3.05) is 30.8 Å². The van der Waals surface area contributed by atoms with Crippen molar-refractivity contribution in [1.29, 1.82) is 0 Å². The summed E-state index contributed by atoms with van der Waals surface area (Å²) in [4.78, 5) is 11.6. The molecule has 0 aliphatic heterocycles. The molecule has 9 heteroatoms. The lowest BCUT2D eigenvalue weighted by atomic mass is 10.2. The number of hydrogen-bond donors (Lipinski definition) is 1. The number of anilines is 1. The molecule has 1 aromatic rings. The van der Waals surface area contributed by atoms with Crippen LogP contribution in [-0.4, -0.2) is 46.6 Å². The average Bonchev–Trinajstić information content (AvgIpc) is 2.40. The summed E-state index contributed by atoms with van der Waals surface area (Å²) < 4.78 is 35.3. The van der Waals surface area contributed by atoms with Crippen molar-refractivity contribution >= 4 is 33.4 Å². The highest BCUT2D eigenvalue weighted by molar-refractivity contribution is 7.92. The number of methoxy groups -OCH3 is 1. The summed E-state index contributed by atoms with van der Waals surface area (Å²) in [6.45, 7) is 5.37. The van der Waals surface area contributed by atoms with Gasteiger partial charge < -0.3 is 14.8 Å². The molecule has 0 heterocycles. The Hall–Kier alpha value is -1.67. The van der Waals surface area contributed by atoms with E-state index in [2.05, 4.69) is 5.32 Å². The maximum Gasteiger partial charge on any atom is 0.407 e. The van der Waals surface area contributed by atoms with Gasteiger partial charge in [0, 0.05) is 6.54 Å². The van der Waals surface area contributed by atoms with Crippen LogP contribution in [0.5, 0.6) is 5.75 Å². The summed E-state index contributed by atoms with van der Waals surface area (Å²) in [6.07, 6.45) is 0.474. The van der Waals surface area contributed by atoms with Gasteiger partial charge in [-0.05, 0) is 39.0 Å². The molecule has 0 aliphatic carbocycles. The first-order chi connectivity index (χ1) is 10.9. The number of halogens is 1. The van der Waals surface area contributed by atoms with Gasteiger partial charge in [0.15, 0.2) is 0 Å². The van der Waals surface area contributed by atoms with E-state index in [1.807, 2.05) is 0 Å². The van der Waals surface area contributed by atoms with E-state index in [0.29, 0.717) is 16.5 Å². The Labute approximate surface area is 147 Å². The lowest BCUT2D eigenvalue weighted by Gasteiger charge is -2.24. The van der Waals surface area contributed by atoms with E-state index in [4.69, 9.17) is 21.1 Å². The van der Waals surface area contributed by atoms with E-state index in [0.717, 1.165) is 10.6 Å². The fourth-order valence-electron chi connectivity index (χ4n) is 1.87. The van der Waals surface area contributed by atoms with Crippen molar-refractivity contribution in [2.45, 2.75) is 26.4 Å². The third kappa shape index (κ3) is 6.45. The number of carbonyl (C=O) groups is 1. The molecule has 0 fully saturated rings. The van der Waals surface area contributed by atoms with Gasteiger partial charge in [0.05, 0.1) is 30.6 Å². The van der Waals surface area contributed by atoms with Crippen LogP contribution in [0.15, 0.2) is 18.2 Å². The van der Waals surface area contributed by atoms with Crippen molar-refractivity contribution in [1.82, 2.24) is 5.32 Å². The van der Waals surface area contributed by atoms with Gasteiger partial charge in [0.25, 0.3) is 0 Å². The minimum Gasteiger partial charge on any atom is -0.495 e. The first-order valence-corrected chi connectivity index (χ1v) is 9.45. The molecular formula is C15H23ClN2O5S. The second-order valence-corrected chi connectivity index (χ2v) is 8.40. The van der Waals surface area contributed by atoms with Gasteiger partial charge in [-0.15, -0.1) is 0 Å². The Morgan fingerprint density at radius 3 is 2.42 bits per heavy atom. The number of sulfonamides is 1. The molecule has 1 N–H and O–H groups in total. The number of hydrogen-bond acceptors (Lipinski definition) is 5. The number of ether oxygens (including phenoxy) is 2. The molecule has 1 aromatic carbocycles. The van der Waals surface area contributed by atoms with Crippen LogP contribution < -0.4 is 14.4 Å². The Morgan fingerprint density at radius 1 is 1.33 bits per heavy atom. The molecule has 0 unspecified atom stereocenters. The lowest BCUT2D eigenvalue weighted by molar-refractivity contribution is 0.0529. The number of alkyl carbamates (subject to hydrolysis) is 1. The Kier molecular flexibility index (Phi) is 6.74. The van der Waals surface area contributed by atoms with Gasteiger partial charge in [-0.1, -0.05) is 11.6 Å². The van der Waals surface area contributed by atoms with Crippen LogP contribution in [0.3, 0.4) is 0 Å². The standard InChI is InChI=1S/C15H23ClN2O5S/c1-15(2,3)23-14(19)17-8-9-18(24(5,20)21)11-6-7-13(22-4)12(16)10-11/h6-7,10H,8-9H2,1-5H3,(H,17,19). The summed E-state index contributed by atoms with van der Waals surface area (Å²) in [5, 5.41) is 2.82. The fourth-order valence-corrected chi connectivity index (χ4v) is 3.04. The van der Waals surface area contributed by atoms with Crippen LogP contribution in [0.1, 0.15) is 20.8 Å². The number of nitrogens with one attached hydrogen (secondary N) is 1. The Morgan fingerprint density at radius 2 is 1.96 bits per heavy atom. The van der Waals surface area contributed by atoms with Crippen LogP contribution in [0, 0.1) is 0 Å². The topological polar surface area (TPSA) is 84.9 Å². The van der Waals surface area contributed by atoms with Gasteiger partial charge in [0.2, 0.25) is 10.0 Å². The van der Waals surface area contributed by atoms with Crippen LogP contribution in [0.25, 0.3) is 0 Å². The van der Waals surface area contributed by atoms with Crippen LogP contribution in [0.2, 0.25) is 5.02 Å². The smallest absolute Gasteiger partial charge is 0.407 e. The number of carbonyl (C=O) groups excluding carboxylic acids is 1. The van der Waals surface area contributed by atoms with E-state index in [9.17, 15) is 13.2 Å². The fraction of sp³-hybridized carbons (Fsp3) is 0.533. The van der Waals surface area contributed by atoms with Gasteiger partial charge in [-0.2, -0.15) is 0 Å². The van der Waals surface area contributed by atoms with Crippen molar-refractivity contribution in [3.63, 3.8) is 0 Å². The molecule has 0 atom stereocenters. The zero-order valence-electron chi connectivity index (χ0n) is 14.4. The predicted molar refractivity (Wildman–Crippen MR) is 94.4 cm³/mol. The summed E-state index contributed by atoms with van der Waals surface area (Å²) in [6, 6.07) is 4.66.